The molecule has 0 bridgehead atoms. The van der Waals surface area contributed by atoms with Gasteiger partial charge in [-0.25, -0.2) is 0 Å². The van der Waals surface area contributed by atoms with Crippen molar-refractivity contribution in [2.24, 2.45) is 0 Å². The van der Waals surface area contributed by atoms with Crippen molar-refractivity contribution in [3.63, 3.8) is 0 Å². The van der Waals surface area contributed by atoms with Gasteiger partial charge in [0, 0.05) is 0 Å². The van der Waals surface area contributed by atoms with Gasteiger partial charge in [0.15, 0.2) is 0 Å². The summed E-state index contributed by atoms with van der Waals surface area (Å²) in [6.45, 7) is 0. The first-order valence-electron chi connectivity index (χ1n) is 3.40. The van der Waals surface area contributed by atoms with E-state index in [4.69, 9.17) is 44.8 Å². The summed E-state index contributed by atoms with van der Waals surface area (Å²) in [6.07, 6.45) is 0. The van der Waals surface area contributed by atoms with Crippen molar-refractivity contribution in [3.8, 4) is 0 Å². The van der Waals surface area contributed by atoms with E-state index in [1.54, 1.807) is 0 Å². The standard InChI is InChI=1S/Al.H8O4Si4.3HO2P/c;1-5-2-7-4-8-3-6-1;3*1-3-2/h;5-8H2;3*(H,1,2)/q+3;;;;/p-3. The van der Waals surface area contributed by atoms with E-state index < -0.39 is 66.1 Å². The van der Waals surface area contributed by atoms with E-state index >= 15 is 0 Å². The molecule has 1 heterocycles. The summed E-state index contributed by atoms with van der Waals surface area (Å²) >= 11 is 0. The van der Waals surface area contributed by atoms with Gasteiger partial charge in [0.1, 0.15) is 0 Å². The van der Waals surface area contributed by atoms with Crippen LogP contribution in [-0.4, -0.2) is 57.4 Å². The van der Waals surface area contributed by atoms with Crippen LogP contribution in [0.4, 0.5) is 0 Å². The normalized spacial score (nSPS) is 19.5. The molecule has 1 aliphatic heterocycles. The molecule has 0 aromatic carbocycles. The van der Waals surface area contributed by atoms with Crippen molar-refractivity contribution >= 4 is 83.4 Å². The van der Waals surface area contributed by atoms with Crippen LogP contribution in [0.1, 0.15) is 0 Å². The zero-order valence-corrected chi connectivity index (χ0v) is 18.3. The predicted molar refractivity (Wildman–Crippen MR) is 67.1 cm³/mol. The number of hydrogen-bond acceptors (Lipinski definition) is 10. The van der Waals surface area contributed by atoms with Crippen LogP contribution in [0.2, 0.25) is 0 Å². The van der Waals surface area contributed by atoms with Crippen molar-refractivity contribution < 1.29 is 44.8 Å². The Morgan fingerprint density at radius 1 is 0.611 bits per heavy atom. The molecule has 0 N–H and O–H groups in total. The third-order valence-electron chi connectivity index (χ3n) is 0.667. The minimum Gasteiger partial charge on any atom is -0.772 e. The third kappa shape index (κ3) is 52.9. The quantitative estimate of drug-likeness (QED) is 0.283. The molecule has 10 nitrogen and oxygen atoms in total. The van der Waals surface area contributed by atoms with Gasteiger partial charge in [0.2, 0.25) is 0 Å². The molecule has 0 radical (unpaired) electrons. The first-order chi connectivity index (χ1) is 8.24. The average Bonchev–Trinajstić information content (AvgIpc) is 2.19. The zero-order valence-electron chi connectivity index (χ0n) is 8.83. The largest absolute Gasteiger partial charge is 3.00 e. The second-order valence-corrected chi connectivity index (χ2v) is 9.43. The van der Waals surface area contributed by atoms with Crippen molar-refractivity contribution in [1.29, 1.82) is 0 Å². The molecule has 1 aliphatic rings. The molecule has 0 amide bonds. The van der Waals surface area contributed by atoms with Crippen LogP contribution in [0.25, 0.3) is 0 Å². The molecule has 0 aliphatic carbocycles. The molecule has 1 saturated heterocycles. The second-order valence-electron chi connectivity index (χ2n) is 1.51. The second kappa shape index (κ2) is 36.2. The Bertz CT molecular complexity index is 124. The fourth-order valence-electron chi connectivity index (χ4n) is 0.372. The molecule has 0 saturated carbocycles. The van der Waals surface area contributed by atoms with E-state index in [1.165, 1.54) is 0 Å². The molecule has 102 valence electrons. The van der Waals surface area contributed by atoms with Crippen LogP contribution in [-0.2, 0) is 30.2 Å². The topological polar surface area (TPSA) is 157 Å². The van der Waals surface area contributed by atoms with Crippen molar-refractivity contribution in [2.75, 3.05) is 0 Å². The molecule has 0 atom stereocenters. The van der Waals surface area contributed by atoms with Gasteiger partial charge in [-0.3, -0.25) is 13.7 Å². The van der Waals surface area contributed by atoms with E-state index in [9.17, 15) is 0 Å². The number of hydrogen-bond donors (Lipinski definition) is 0. The number of rotatable bonds is 0. The average molecular weight is 400 g/mol. The van der Waals surface area contributed by atoms with Gasteiger partial charge in [-0.05, 0) is 0 Å². The molecule has 0 aromatic rings. The molecule has 1 fully saturated rings. The van der Waals surface area contributed by atoms with Gasteiger partial charge in [-0.2, -0.15) is 0 Å². The first-order valence-corrected chi connectivity index (χ1v) is 10.2. The molecule has 0 aromatic heterocycles. The van der Waals surface area contributed by atoms with Crippen molar-refractivity contribution in [1.82, 2.24) is 0 Å². The van der Waals surface area contributed by atoms with Gasteiger partial charge >= 0.3 is 17.4 Å². The van der Waals surface area contributed by atoms with Crippen LogP contribution in [0.15, 0.2) is 0 Å². The van der Waals surface area contributed by atoms with Crippen molar-refractivity contribution in [2.45, 2.75) is 0 Å². The third-order valence-corrected chi connectivity index (χ3v) is 6.00. The van der Waals surface area contributed by atoms with Gasteiger partial charge in [-0.15, -0.1) is 0 Å². The first kappa shape index (κ1) is 27.7. The Hall–Kier alpha value is 1.42. The van der Waals surface area contributed by atoms with E-state index in [0.29, 0.717) is 0 Å². The van der Waals surface area contributed by atoms with Crippen LogP contribution >= 0.6 is 26.1 Å². The minimum absolute atomic E-state index is 0. The Labute approximate surface area is 128 Å². The summed E-state index contributed by atoms with van der Waals surface area (Å²) in [7, 11) is -5.86. The molecular weight excluding hydrogens is 392 g/mol. The maximum absolute atomic E-state index is 8.35. The summed E-state index contributed by atoms with van der Waals surface area (Å²) < 4.78 is 45.4. The van der Waals surface area contributed by atoms with Gasteiger partial charge in [-0.1, -0.05) is 0 Å². The molecule has 0 spiro atoms. The zero-order chi connectivity index (χ0) is 13.8. The summed E-state index contributed by atoms with van der Waals surface area (Å²) in [5.41, 5.74) is 0. The van der Waals surface area contributed by atoms with Gasteiger partial charge in [0.25, 0.3) is 40.0 Å². The van der Waals surface area contributed by atoms with E-state index in [2.05, 4.69) is 0 Å². The molecule has 1 rings (SSSR count). The smallest absolute Gasteiger partial charge is 0.772 e. The molecular formula is H8AlO10P3Si4. The van der Waals surface area contributed by atoms with E-state index in [0.717, 1.165) is 0 Å². The predicted octanol–water partition coefficient (Wildman–Crippen LogP) is -5.66. The summed E-state index contributed by atoms with van der Waals surface area (Å²) in [6, 6.07) is 0. The van der Waals surface area contributed by atoms with Crippen LogP contribution in [0.5, 0.6) is 0 Å². The van der Waals surface area contributed by atoms with Crippen LogP contribution in [0, 0.1) is 0 Å². The molecule has 0 unspecified atom stereocenters. The SMILES string of the molecule is O1[SiH2]O[SiH2]O[SiH2]O[SiH2]1.O=P[O-].O=P[O-].O=P[O-].[Al+3]. The summed E-state index contributed by atoms with van der Waals surface area (Å²) in [5.74, 6) is 0. The van der Waals surface area contributed by atoms with E-state index in [-0.39, 0.29) is 17.4 Å². The Balaban J connectivity index is -0.0000000840. The van der Waals surface area contributed by atoms with Gasteiger partial charge < -0.3 is 31.1 Å². The Kier molecular flexibility index (Phi) is 55.8. The van der Waals surface area contributed by atoms with Crippen LogP contribution < -0.4 is 14.7 Å². The van der Waals surface area contributed by atoms with E-state index in [1.807, 2.05) is 0 Å². The van der Waals surface area contributed by atoms with Gasteiger partial charge in [0.05, 0.1) is 26.1 Å². The summed E-state index contributed by atoms with van der Waals surface area (Å²) in [5, 5.41) is 0. The molecule has 18 heteroatoms. The molecule has 18 heavy (non-hydrogen) atoms. The maximum Gasteiger partial charge on any atom is 3.00 e. The summed E-state index contributed by atoms with van der Waals surface area (Å²) in [4.78, 5) is 25.0. The Morgan fingerprint density at radius 3 is 0.833 bits per heavy atom. The fraction of sp³-hybridized carbons (Fsp3) is 0. The van der Waals surface area contributed by atoms with Crippen LogP contribution in [0.3, 0.4) is 0 Å². The Morgan fingerprint density at radius 2 is 0.722 bits per heavy atom. The minimum atomic E-state index is -1.08. The monoisotopic (exact) mass is 400 g/mol. The van der Waals surface area contributed by atoms with Crippen molar-refractivity contribution in [3.05, 3.63) is 0 Å². The maximum atomic E-state index is 8.35. The fourth-order valence-corrected chi connectivity index (χ4v) is 7.59.